The molecule has 0 radical (unpaired) electrons. The average Bonchev–Trinajstić information content (AvgIpc) is 3.01. The molecular weight excluding hydrogens is 532 g/mol. The highest BCUT2D eigenvalue weighted by Crippen LogP contribution is 2.31. The van der Waals surface area contributed by atoms with E-state index in [9.17, 15) is 0 Å². The zero-order valence-electron chi connectivity index (χ0n) is 27.0. The van der Waals surface area contributed by atoms with Crippen molar-refractivity contribution in [3.05, 3.63) is 107 Å². The molecule has 0 saturated carbocycles. The summed E-state index contributed by atoms with van der Waals surface area (Å²) in [5, 5.41) is 15.4. The molecular formula is C37H48N4O2. The lowest BCUT2D eigenvalue weighted by molar-refractivity contribution is 0.403. The van der Waals surface area contributed by atoms with E-state index in [1.165, 1.54) is 27.8 Å². The molecule has 3 atom stereocenters. The number of ether oxygens (including phenoxy) is 2. The number of rotatable bonds is 14. The number of hydrogen-bond donors (Lipinski definition) is 4. The summed E-state index contributed by atoms with van der Waals surface area (Å²) in [5.41, 5.74) is 10.5. The fourth-order valence-electron chi connectivity index (χ4n) is 5.44. The topological polar surface area (TPSA) is 66.6 Å². The molecule has 0 amide bonds. The van der Waals surface area contributed by atoms with Crippen molar-refractivity contribution in [1.82, 2.24) is 0 Å². The van der Waals surface area contributed by atoms with Gasteiger partial charge in [-0.2, -0.15) is 0 Å². The van der Waals surface area contributed by atoms with E-state index in [0.717, 1.165) is 40.7 Å². The van der Waals surface area contributed by atoms with Crippen LogP contribution in [0.2, 0.25) is 0 Å². The fraction of sp³-hybridized carbons (Fsp3) is 0.351. The number of methoxy groups -OCH3 is 2. The Labute approximate surface area is 258 Å². The highest BCUT2D eigenvalue weighted by molar-refractivity contribution is 5.62. The van der Waals surface area contributed by atoms with E-state index in [4.69, 9.17) is 9.47 Å². The van der Waals surface area contributed by atoms with E-state index in [-0.39, 0.29) is 18.1 Å². The van der Waals surface area contributed by atoms with Gasteiger partial charge in [0.1, 0.15) is 11.5 Å². The summed E-state index contributed by atoms with van der Waals surface area (Å²) in [6.07, 6.45) is 0.958. The maximum absolute atomic E-state index is 5.78. The van der Waals surface area contributed by atoms with Crippen LogP contribution in [0.1, 0.15) is 41.7 Å². The summed E-state index contributed by atoms with van der Waals surface area (Å²) in [4.78, 5) is 0. The van der Waals surface area contributed by atoms with Gasteiger partial charge in [0.25, 0.3) is 0 Å². The molecule has 0 aromatic heterocycles. The molecule has 4 N–H and O–H groups in total. The number of aryl methyl sites for hydroxylation is 5. The Kier molecular flexibility index (Phi) is 10.8. The van der Waals surface area contributed by atoms with Crippen molar-refractivity contribution in [2.45, 2.75) is 66.1 Å². The van der Waals surface area contributed by atoms with Gasteiger partial charge in [-0.3, -0.25) is 0 Å². The first-order chi connectivity index (χ1) is 20.7. The largest absolute Gasteiger partial charge is 0.497 e. The number of hydrogen-bond acceptors (Lipinski definition) is 6. The summed E-state index contributed by atoms with van der Waals surface area (Å²) in [5.74, 6) is 1.53. The molecule has 4 rings (SSSR count). The van der Waals surface area contributed by atoms with Gasteiger partial charge in [-0.25, -0.2) is 0 Å². The first kappa shape index (κ1) is 31.6. The third kappa shape index (κ3) is 8.16. The van der Waals surface area contributed by atoms with E-state index in [1.54, 1.807) is 14.2 Å². The van der Waals surface area contributed by atoms with Crippen LogP contribution in [-0.4, -0.2) is 38.9 Å². The molecule has 6 heteroatoms. The van der Waals surface area contributed by atoms with Crippen molar-refractivity contribution in [2.24, 2.45) is 0 Å². The Morgan fingerprint density at radius 2 is 1.44 bits per heavy atom. The number of anilines is 4. The van der Waals surface area contributed by atoms with Gasteiger partial charge >= 0.3 is 0 Å². The van der Waals surface area contributed by atoms with Crippen LogP contribution >= 0.6 is 0 Å². The second kappa shape index (κ2) is 14.7. The molecule has 0 bridgehead atoms. The molecule has 0 spiro atoms. The zero-order chi connectivity index (χ0) is 30.9. The smallest absolute Gasteiger partial charge is 0.142 e. The lowest BCUT2D eigenvalue weighted by atomic mass is 9.97. The van der Waals surface area contributed by atoms with Crippen LogP contribution in [0.25, 0.3) is 0 Å². The molecule has 0 fully saturated rings. The maximum atomic E-state index is 5.78. The van der Waals surface area contributed by atoms with E-state index >= 15 is 0 Å². The minimum atomic E-state index is -0.0693. The number of para-hydroxylation sites is 1. The monoisotopic (exact) mass is 580 g/mol. The van der Waals surface area contributed by atoms with Gasteiger partial charge in [0.2, 0.25) is 0 Å². The standard InChI is InChI=1S/C37H48N4O2/c1-9-29-12-10-11-13-32(29)38-23-35(41-34-22-31(42-7)18-19-36(34)43-8)37(40-30-17-16-25(3)27(5)21-30)28(6)39-33-20-24(2)14-15-26(33)4/h10-22,28,35,37-41H,9,23H2,1-8H3. The second-order valence-electron chi connectivity index (χ2n) is 11.4. The van der Waals surface area contributed by atoms with Crippen molar-refractivity contribution in [2.75, 3.05) is 42.0 Å². The van der Waals surface area contributed by atoms with E-state index in [2.05, 4.69) is 123 Å². The van der Waals surface area contributed by atoms with Gasteiger partial charge in [0.05, 0.1) is 32.0 Å². The van der Waals surface area contributed by atoms with Gasteiger partial charge in [0, 0.05) is 35.7 Å². The Morgan fingerprint density at radius 1 is 0.674 bits per heavy atom. The molecule has 0 aliphatic heterocycles. The summed E-state index contributed by atoms with van der Waals surface area (Å²) in [6, 6.07) is 27.5. The predicted molar refractivity (Wildman–Crippen MR) is 184 cm³/mol. The zero-order valence-corrected chi connectivity index (χ0v) is 27.0. The van der Waals surface area contributed by atoms with Gasteiger partial charge < -0.3 is 30.7 Å². The van der Waals surface area contributed by atoms with Crippen LogP contribution in [-0.2, 0) is 6.42 Å². The van der Waals surface area contributed by atoms with Crippen molar-refractivity contribution < 1.29 is 9.47 Å². The minimum Gasteiger partial charge on any atom is -0.497 e. The van der Waals surface area contributed by atoms with Crippen molar-refractivity contribution in [3.63, 3.8) is 0 Å². The van der Waals surface area contributed by atoms with E-state index < -0.39 is 0 Å². The summed E-state index contributed by atoms with van der Waals surface area (Å²) in [6.45, 7) is 13.7. The Morgan fingerprint density at radius 3 is 2.16 bits per heavy atom. The van der Waals surface area contributed by atoms with E-state index in [1.807, 2.05) is 18.2 Å². The minimum absolute atomic E-state index is 0.0411. The van der Waals surface area contributed by atoms with Crippen molar-refractivity contribution in [1.29, 1.82) is 0 Å². The molecule has 3 unspecified atom stereocenters. The molecule has 0 aliphatic rings. The van der Waals surface area contributed by atoms with Crippen LogP contribution in [0, 0.1) is 27.7 Å². The first-order valence-corrected chi connectivity index (χ1v) is 15.2. The Hall–Kier alpha value is -4.32. The van der Waals surface area contributed by atoms with Crippen LogP contribution < -0.4 is 30.7 Å². The highest BCUT2D eigenvalue weighted by Gasteiger charge is 2.29. The molecule has 0 saturated heterocycles. The normalized spacial score (nSPS) is 13.0. The molecule has 4 aromatic carbocycles. The summed E-state index contributed by atoms with van der Waals surface area (Å²) in [7, 11) is 3.39. The molecule has 228 valence electrons. The Bertz CT molecular complexity index is 1500. The van der Waals surface area contributed by atoms with Crippen molar-refractivity contribution in [3.8, 4) is 11.5 Å². The molecule has 6 nitrogen and oxygen atoms in total. The van der Waals surface area contributed by atoms with Crippen LogP contribution in [0.5, 0.6) is 11.5 Å². The third-order valence-electron chi connectivity index (χ3n) is 8.25. The fourth-order valence-corrected chi connectivity index (χ4v) is 5.44. The molecule has 0 heterocycles. The SMILES string of the molecule is CCc1ccccc1NCC(Nc1cc(OC)ccc1OC)C(Nc1ccc(C)c(C)c1)C(C)Nc1cc(C)ccc1C. The number of nitrogens with one attached hydrogen (secondary N) is 4. The maximum Gasteiger partial charge on any atom is 0.142 e. The van der Waals surface area contributed by atoms with Gasteiger partial charge in [-0.05, 0) is 105 Å². The quantitative estimate of drug-likeness (QED) is 0.120. The predicted octanol–water partition coefficient (Wildman–Crippen LogP) is 8.37. The lowest BCUT2D eigenvalue weighted by Crippen LogP contribution is -2.52. The average molecular weight is 581 g/mol. The molecule has 43 heavy (non-hydrogen) atoms. The lowest BCUT2D eigenvalue weighted by Gasteiger charge is -2.36. The second-order valence-corrected chi connectivity index (χ2v) is 11.4. The van der Waals surface area contributed by atoms with Gasteiger partial charge in [-0.1, -0.05) is 43.3 Å². The van der Waals surface area contributed by atoms with Crippen molar-refractivity contribution >= 4 is 22.7 Å². The van der Waals surface area contributed by atoms with Crippen LogP contribution in [0.15, 0.2) is 78.9 Å². The molecule has 4 aromatic rings. The summed E-state index contributed by atoms with van der Waals surface area (Å²) < 4.78 is 11.4. The van der Waals surface area contributed by atoms with Gasteiger partial charge in [-0.15, -0.1) is 0 Å². The summed E-state index contributed by atoms with van der Waals surface area (Å²) >= 11 is 0. The van der Waals surface area contributed by atoms with E-state index in [0.29, 0.717) is 6.54 Å². The van der Waals surface area contributed by atoms with Crippen LogP contribution in [0.4, 0.5) is 22.7 Å². The van der Waals surface area contributed by atoms with Crippen LogP contribution in [0.3, 0.4) is 0 Å². The van der Waals surface area contributed by atoms with Gasteiger partial charge in [0.15, 0.2) is 0 Å². The third-order valence-corrected chi connectivity index (χ3v) is 8.25. The Balaban J connectivity index is 1.77. The molecule has 0 aliphatic carbocycles. The first-order valence-electron chi connectivity index (χ1n) is 15.2. The number of benzene rings is 4. The highest BCUT2D eigenvalue weighted by atomic mass is 16.5.